The Morgan fingerprint density at radius 3 is 2.75 bits per heavy atom. The zero-order chi connectivity index (χ0) is 17.0. The Morgan fingerprint density at radius 1 is 1.17 bits per heavy atom. The number of imidazole rings is 1. The van der Waals surface area contributed by atoms with Crippen LogP contribution in [0.4, 0.5) is 4.79 Å². The Labute approximate surface area is 143 Å². The molecule has 0 unspecified atom stereocenters. The van der Waals surface area contributed by atoms with E-state index in [2.05, 4.69) is 27.8 Å². The minimum atomic E-state index is -0.164. The number of nitrogens with one attached hydrogen (secondary N) is 2. The van der Waals surface area contributed by atoms with Crippen molar-refractivity contribution >= 4 is 6.03 Å². The number of unbranched alkanes of at least 4 members (excludes halogenated alkanes) is 1. The summed E-state index contributed by atoms with van der Waals surface area (Å²) in [6.45, 7) is 2.54. The zero-order valence-corrected chi connectivity index (χ0v) is 14.2. The van der Waals surface area contributed by atoms with Crippen molar-refractivity contribution in [2.75, 3.05) is 19.8 Å². The number of rotatable bonds is 10. The first-order valence-electron chi connectivity index (χ1n) is 8.35. The molecule has 0 saturated heterocycles. The standard InChI is InChI=1S/C18H26N4O2/c1-22-12-11-19-17(22)15-21-18(23)20-10-5-6-13-24-14-9-16-7-3-2-4-8-16/h2-4,7-8,11-12H,5-6,9-10,13-15H2,1H3,(H2,20,21,23). The van der Waals surface area contributed by atoms with E-state index in [1.807, 2.05) is 36.0 Å². The fourth-order valence-electron chi connectivity index (χ4n) is 2.26. The Balaban J connectivity index is 1.42. The predicted molar refractivity (Wildman–Crippen MR) is 93.6 cm³/mol. The van der Waals surface area contributed by atoms with Crippen LogP contribution in [-0.2, 0) is 24.8 Å². The zero-order valence-electron chi connectivity index (χ0n) is 14.2. The third-order valence-corrected chi connectivity index (χ3v) is 3.71. The Hall–Kier alpha value is -2.34. The largest absolute Gasteiger partial charge is 0.381 e. The molecule has 0 aliphatic rings. The number of carbonyl (C=O) groups excluding carboxylic acids is 1. The van der Waals surface area contributed by atoms with Gasteiger partial charge in [-0.2, -0.15) is 0 Å². The Kier molecular flexibility index (Phi) is 7.83. The van der Waals surface area contributed by atoms with Crippen LogP contribution in [-0.4, -0.2) is 35.3 Å². The Bertz CT molecular complexity index is 598. The van der Waals surface area contributed by atoms with E-state index < -0.39 is 0 Å². The highest BCUT2D eigenvalue weighted by molar-refractivity contribution is 5.73. The second-order valence-electron chi connectivity index (χ2n) is 5.62. The molecule has 0 aliphatic carbocycles. The lowest BCUT2D eigenvalue weighted by molar-refractivity contribution is 0.133. The molecule has 0 aliphatic heterocycles. The first-order chi connectivity index (χ1) is 11.8. The highest BCUT2D eigenvalue weighted by Crippen LogP contribution is 2.00. The van der Waals surface area contributed by atoms with Gasteiger partial charge in [0, 0.05) is 32.6 Å². The van der Waals surface area contributed by atoms with Gasteiger partial charge in [-0.15, -0.1) is 0 Å². The first kappa shape index (κ1) is 18.0. The van der Waals surface area contributed by atoms with Gasteiger partial charge in [0.05, 0.1) is 13.2 Å². The first-order valence-corrected chi connectivity index (χ1v) is 8.35. The lowest BCUT2D eigenvalue weighted by atomic mass is 10.2. The molecule has 24 heavy (non-hydrogen) atoms. The van der Waals surface area contributed by atoms with Gasteiger partial charge in [-0.3, -0.25) is 0 Å². The van der Waals surface area contributed by atoms with Crippen LogP contribution in [0.2, 0.25) is 0 Å². The molecule has 0 radical (unpaired) electrons. The third kappa shape index (κ3) is 6.83. The van der Waals surface area contributed by atoms with Gasteiger partial charge in [-0.25, -0.2) is 9.78 Å². The minimum Gasteiger partial charge on any atom is -0.381 e. The quantitative estimate of drug-likeness (QED) is 0.657. The van der Waals surface area contributed by atoms with E-state index in [0.717, 1.165) is 38.3 Å². The molecule has 2 amide bonds. The molecular weight excluding hydrogens is 304 g/mol. The molecule has 130 valence electrons. The number of aryl methyl sites for hydroxylation is 1. The van der Waals surface area contributed by atoms with E-state index in [1.54, 1.807) is 6.20 Å². The maximum atomic E-state index is 11.7. The number of urea groups is 1. The molecule has 0 atom stereocenters. The summed E-state index contributed by atoms with van der Waals surface area (Å²) in [7, 11) is 1.90. The van der Waals surface area contributed by atoms with E-state index in [-0.39, 0.29) is 6.03 Å². The van der Waals surface area contributed by atoms with Crippen molar-refractivity contribution in [2.24, 2.45) is 7.05 Å². The van der Waals surface area contributed by atoms with E-state index in [0.29, 0.717) is 13.1 Å². The van der Waals surface area contributed by atoms with Gasteiger partial charge in [-0.1, -0.05) is 30.3 Å². The van der Waals surface area contributed by atoms with Gasteiger partial charge in [0.1, 0.15) is 5.82 Å². The van der Waals surface area contributed by atoms with Gasteiger partial charge < -0.3 is 19.9 Å². The van der Waals surface area contributed by atoms with Crippen molar-refractivity contribution in [3.05, 3.63) is 54.1 Å². The number of nitrogens with zero attached hydrogens (tertiary/aromatic N) is 2. The molecule has 2 rings (SSSR count). The average Bonchev–Trinajstić information content (AvgIpc) is 3.01. The summed E-state index contributed by atoms with van der Waals surface area (Å²) < 4.78 is 7.50. The van der Waals surface area contributed by atoms with Gasteiger partial charge in [0.25, 0.3) is 0 Å². The molecule has 6 heteroatoms. The molecular formula is C18H26N4O2. The second kappa shape index (κ2) is 10.4. The van der Waals surface area contributed by atoms with Crippen LogP contribution in [0.1, 0.15) is 24.2 Å². The van der Waals surface area contributed by atoms with Crippen LogP contribution in [0.3, 0.4) is 0 Å². The molecule has 2 aromatic rings. The van der Waals surface area contributed by atoms with Crippen LogP contribution in [0.15, 0.2) is 42.7 Å². The van der Waals surface area contributed by atoms with Gasteiger partial charge in [0.15, 0.2) is 0 Å². The van der Waals surface area contributed by atoms with Crippen molar-refractivity contribution < 1.29 is 9.53 Å². The monoisotopic (exact) mass is 330 g/mol. The fourth-order valence-corrected chi connectivity index (χ4v) is 2.26. The number of benzene rings is 1. The number of hydrogen-bond acceptors (Lipinski definition) is 3. The summed E-state index contributed by atoms with van der Waals surface area (Å²) in [6.07, 6.45) is 6.35. The molecule has 2 N–H and O–H groups in total. The van der Waals surface area contributed by atoms with Crippen molar-refractivity contribution in [1.82, 2.24) is 20.2 Å². The summed E-state index contributed by atoms with van der Waals surface area (Å²) in [6, 6.07) is 10.2. The molecule has 0 spiro atoms. The van der Waals surface area contributed by atoms with Crippen molar-refractivity contribution in [3.8, 4) is 0 Å². The summed E-state index contributed by atoms with van der Waals surface area (Å²) in [5, 5.41) is 5.63. The number of ether oxygens (including phenoxy) is 1. The van der Waals surface area contributed by atoms with Crippen LogP contribution >= 0.6 is 0 Å². The Morgan fingerprint density at radius 2 is 2.00 bits per heavy atom. The van der Waals surface area contributed by atoms with E-state index in [1.165, 1.54) is 5.56 Å². The summed E-state index contributed by atoms with van der Waals surface area (Å²) in [5.74, 6) is 0.831. The molecule has 6 nitrogen and oxygen atoms in total. The normalized spacial score (nSPS) is 10.5. The lowest BCUT2D eigenvalue weighted by Gasteiger charge is -2.08. The highest BCUT2D eigenvalue weighted by atomic mass is 16.5. The summed E-state index contributed by atoms with van der Waals surface area (Å²) in [4.78, 5) is 15.8. The van der Waals surface area contributed by atoms with Crippen molar-refractivity contribution in [3.63, 3.8) is 0 Å². The number of amides is 2. The van der Waals surface area contributed by atoms with E-state index >= 15 is 0 Å². The van der Waals surface area contributed by atoms with Crippen LogP contribution in [0.5, 0.6) is 0 Å². The molecule has 0 saturated carbocycles. The van der Waals surface area contributed by atoms with Crippen LogP contribution in [0, 0.1) is 0 Å². The molecule has 0 bridgehead atoms. The lowest BCUT2D eigenvalue weighted by Crippen LogP contribution is -2.36. The SMILES string of the molecule is Cn1ccnc1CNC(=O)NCCCCOCCc1ccccc1. The summed E-state index contributed by atoms with van der Waals surface area (Å²) >= 11 is 0. The van der Waals surface area contributed by atoms with Gasteiger partial charge in [-0.05, 0) is 24.8 Å². The maximum Gasteiger partial charge on any atom is 0.315 e. The van der Waals surface area contributed by atoms with Crippen LogP contribution in [0.25, 0.3) is 0 Å². The molecule has 1 aromatic carbocycles. The van der Waals surface area contributed by atoms with Gasteiger partial charge in [0.2, 0.25) is 0 Å². The average molecular weight is 330 g/mol. The topological polar surface area (TPSA) is 68.2 Å². The van der Waals surface area contributed by atoms with E-state index in [9.17, 15) is 4.79 Å². The second-order valence-corrected chi connectivity index (χ2v) is 5.62. The molecule has 1 aromatic heterocycles. The summed E-state index contributed by atoms with van der Waals surface area (Å²) in [5.41, 5.74) is 1.29. The fraction of sp³-hybridized carbons (Fsp3) is 0.444. The van der Waals surface area contributed by atoms with Crippen molar-refractivity contribution in [1.29, 1.82) is 0 Å². The van der Waals surface area contributed by atoms with Crippen LogP contribution < -0.4 is 10.6 Å². The van der Waals surface area contributed by atoms with Gasteiger partial charge >= 0.3 is 6.03 Å². The maximum absolute atomic E-state index is 11.7. The number of carbonyl (C=O) groups is 1. The number of hydrogen-bond donors (Lipinski definition) is 2. The third-order valence-electron chi connectivity index (χ3n) is 3.71. The van der Waals surface area contributed by atoms with Crippen molar-refractivity contribution in [2.45, 2.75) is 25.8 Å². The minimum absolute atomic E-state index is 0.164. The molecule has 1 heterocycles. The highest BCUT2D eigenvalue weighted by Gasteiger charge is 2.02. The number of aromatic nitrogens is 2. The smallest absolute Gasteiger partial charge is 0.315 e. The predicted octanol–water partition coefficient (Wildman–Crippen LogP) is 2.26. The molecule has 0 fully saturated rings. The van der Waals surface area contributed by atoms with E-state index in [4.69, 9.17) is 4.74 Å².